The standard InChI is InChI=1S/C18H24N8O/c1-27-16(11-6-7-11)14-8-20-23-26(14)18-22-21-17-12-4-2-3-5-13(12)24-10-19-9-15(24)25(17)18/h8-13,16-17,21H,2-7H2,1H3. The number of anilines is 1. The molecule has 2 aromatic heterocycles. The van der Waals surface area contributed by atoms with Crippen molar-refractivity contribution in [3.05, 3.63) is 24.4 Å². The molecule has 1 N–H and O–H groups in total. The van der Waals surface area contributed by atoms with E-state index in [9.17, 15) is 0 Å². The van der Waals surface area contributed by atoms with Crippen molar-refractivity contribution in [2.75, 3.05) is 12.0 Å². The Balaban J connectivity index is 1.42. The first-order valence-electron chi connectivity index (χ1n) is 9.95. The molecule has 0 saturated heterocycles. The predicted molar refractivity (Wildman–Crippen MR) is 98.0 cm³/mol. The van der Waals surface area contributed by atoms with E-state index < -0.39 is 0 Å². The summed E-state index contributed by atoms with van der Waals surface area (Å²) in [4.78, 5) is 6.70. The van der Waals surface area contributed by atoms with E-state index in [1.807, 2.05) is 23.4 Å². The summed E-state index contributed by atoms with van der Waals surface area (Å²) >= 11 is 0. The van der Waals surface area contributed by atoms with Crippen molar-refractivity contribution in [2.24, 2.45) is 16.9 Å². The highest BCUT2D eigenvalue weighted by molar-refractivity contribution is 5.98. The molecule has 0 bridgehead atoms. The van der Waals surface area contributed by atoms with E-state index in [4.69, 9.17) is 9.84 Å². The van der Waals surface area contributed by atoms with Gasteiger partial charge in [0, 0.05) is 19.1 Å². The smallest absolute Gasteiger partial charge is 0.252 e. The predicted octanol–water partition coefficient (Wildman–Crippen LogP) is 1.87. The van der Waals surface area contributed by atoms with E-state index in [1.54, 1.807) is 7.11 Å². The largest absolute Gasteiger partial charge is 0.375 e. The molecule has 6 rings (SSSR count). The van der Waals surface area contributed by atoms with Gasteiger partial charge in [0.05, 0.1) is 24.4 Å². The number of hydrogen-bond donors (Lipinski definition) is 1. The van der Waals surface area contributed by atoms with Gasteiger partial charge < -0.3 is 9.30 Å². The third-order valence-corrected chi connectivity index (χ3v) is 6.59. The summed E-state index contributed by atoms with van der Waals surface area (Å²) < 4.78 is 9.96. The van der Waals surface area contributed by atoms with Gasteiger partial charge in [0.15, 0.2) is 0 Å². The van der Waals surface area contributed by atoms with Gasteiger partial charge in [-0.1, -0.05) is 18.1 Å². The minimum absolute atomic E-state index is 0.0129. The van der Waals surface area contributed by atoms with Gasteiger partial charge in [0.1, 0.15) is 18.1 Å². The molecule has 4 atom stereocenters. The lowest BCUT2D eigenvalue weighted by molar-refractivity contribution is 0.0794. The molecule has 4 aliphatic rings. The lowest BCUT2D eigenvalue weighted by atomic mass is 9.80. The first kappa shape index (κ1) is 15.6. The molecule has 142 valence electrons. The molecule has 2 fully saturated rings. The molecular weight excluding hydrogens is 344 g/mol. The first-order chi connectivity index (χ1) is 13.4. The van der Waals surface area contributed by atoms with Crippen molar-refractivity contribution in [1.82, 2.24) is 30.0 Å². The number of hydrazone groups is 1. The number of hydrogen-bond acceptors (Lipinski definition) is 7. The topological polar surface area (TPSA) is 85.4 Å². The Kier molecular flexibility index (Phi) is 3.35. The van der Waals surface area contributed by atoms with E-state index in [0.29, 0.717) is 17.9 Å². The van der Waals surface area contributed by atoms with Crippen molar-refractivity contribution < 1.29 is 4.74 Å². The zero-order chi connectivity index (χ0) is 18.0. The first-order valence-corrected chi connectivity index (χ1v) is 9.95. The summed E-state index contributed by atoms with van der Waals surface area (Å²) in [6.07, 6.45) is 13.2. The van der Waals surface area contributed by atoms with Crippen LogP contribution in [0.1, 0.15) is 56.4 Å². The van der Waals surface area contributed by atoms with Crippen LogP contribution in [0.3, 0.4) is 0 Å². The van der Waals surface area contributed by atoms with Crippen LogP contribution in [0, 0.1) is 11.8 Å². The van der Waals surface area contributed by atoms with E-state index in [1.165, 1.54) is 38.5 Å². The second kappa shape index (κ2) is 5.79. The fourth-order valence-electron chi connectivity index (χ4n) is 5.18. The van der Waals surface area contributed by atoms with Crippen molar-refractivity contribution in [3.8, 4) is 0 Å². The molecule has 27 heavy (non-hydrogen) atoms. The van der Waals surface area contributed by atoms with Crippen molar-refractivity contribution >= 4 is 11.8 Å². The van der Waals surface area contributed by atoms with Crippen molar-refractivity contribution in [2.45, 2.75) is 56.8 Å². The van der Waals surface area contributed by atoms with Crippen LogP contribution >= 0.6 is 0 Å². The molecule has 2 saturated carbocycles. The van der Waals surface area contributed by atoms with Crippen molar-refractivity contribution in [1.29, 1.82) is 0 Å². The van der Waals surface area contributed by atoms with E-state index in [-0.39, 0.29) is 12.3 Å². The third-order valence-electron chi connectivity index (χ3n) is 6.59. The molecule has 0 radical (unpaired) electrons. The number of imidazole rings is 1. The fraction of sp³-hybridized carbons (Fsp3) is 0.667. The van der Waals surface area contributed by atoms with Gasteiger partial charge in [0.25, 0.3) is 5.96 Å². The number of nitrogens with zero attached hydrogens (tertiary/aromatic N) is 7. The van der Waals surface area contributed by atoms with Crippen LogP contribution in [-0.4, -0.2) is 43.8 Å². The number of rotatable bonds is 3. The number of nitrogens with one attached hydrogen (secondary N) is 1. The van der Waals surface area contributed by atoms with Crippen LogP contribution in [-0.2, 0) is 4.74 Å². The second-order valence-electron chi connectivity index (χ2n) is 8.09. The Morgan fingerprint density at radius 1 is 1.19 bits per heavy atom. The lowest BCUT2D eigenvalue weighted by Gasteiger charge is -2.45. The number of methoxy groups -OCH3 is 1. The monoisotopic (exact) mass is 368 g/mol. The molecule has 2 aliphatic carbocycles. The molecular formula is C18H24N8O. The lowest BCUT2D eigenvalue weighted by Crippen LogP contribution is -2.54. The highest BCUT2D eigenvalue weighted by Gasteiger charge is 2.48. The van der Waals surface area contributed by atoms with Gasteiger partial charge in [-0.05, 0) is 31.6 Å². The molecule has 4 heterocycles. The quantitative estimate of drug-likeness (QED) is 0.890. The Morgan fingerprint density at radius 3 is 2.93 bits per heavy atom. The summed E-state index contributed by atoms with van der Waals surface area (Å²) in [5.74, 6) is 2.90. The Morgan fingerprint density at radius 2 is 2.07 bits per heavy atom. The zero-order valence-electron chi connectivity index (χ0n) is 15.4. The van der Waals surface area contributed by atoms with Crippen LogP contribution in [0.25, 0.3) is 0 Å². The molecule has 0 spiro atoms. The summed E-state index contributed by atoms with van der Waals surface area (Å²) in [5.41, 5.74) is 4.37. The van der Waals surface area contributed by atoms with Crippen LogP contribution < -0.4 is 10.3 Å². The average molecular weight is 368 g/mol. The van der Waals surface area contributed by atoms with Crippen LogP contribution in [0.15, 0.2) is 23.8 Å². The highest BCUT2D eigenvalue weighted by atomic mass is 16.5. The maximum atomic E-state index is 5.78. The van der Waals surface area contributed by atoms with Crippen LogP contribution in [0.5, 0.6) is 0 Å². The normalized spacial score (nSPS) is 30.2. The molecule has 9 nitrogen and oxygen atoms in total. The van der Waals surface area contributed by atoms with Gasteiger partial charge in [0.2, 0.25) is 0 Å². The minimum Gasteiger partial charge on any atom is -0.375 e. The third kappa shape index (κ3) is 2.20. The maximum absolute atomic E-state index is 5.78. The average Bonchev–Trinajstić information content (AvgIpc) is 3.11. The van der Waals surface area contributed by atoms with Gasteiger partial charge in [-0.25, -0.2) is 4.98 Å². The summed E-state index contributed by atoms with van der Waals surface area (Å²) in [6.45, 7) is 0. The maximum Gasteiger partial charge on any atom is 0.252 e. The Labute approximate surface area is 157 Å². The molecule has 0 amide bonds. The number of fused-ring (bicyclic) bond motifs is 6. The molecule has 2 aliphatic heterocycles. The van der Waals surface area contributed by atoms with E-state index in [2.05, 4.69) is 30.2 Å². The fourth-order valence-corrected chi connectivity index (χ4v) is 5.18. The summed E-state index contributed by atoms with van der Waals surface area (Å²) in [7, 11) is 1.76. The molecule has 2 aromatic rings. The van der Waals surface area contributed by atoms with Crippen molar-refractivity contribution in [3.63, 3.8) is 0 Å². The zero-order valence-corrected chi connectivity index (χ0v) is 15.4. The molecule has 4 unspecified atom stereocenters. The summed E-state index contributed by atoms with van der Waals surface area (Å²) in [5, 5.41) is 13.3. The van der Waals surface area contributed by atoms with Gasteiger partial charge in [-0.15, -0.1) is 10.2 Å². The Hall–Kier alpha value is -2.42. The van der Waals surface area contributed by atoms with E-state index >= 15 is 0 Å². The second-order valence-corrected chi connectivity index (χ2v) is 8.09. The Bertz CT molecular complexity index is 884. The SMILES string of the molecule is COC(c1cnnn1C1=NNC2C3CCCCC3n3cncc3N12)C1CC1. The molecule has 9 heteroatoms. The highest BCUT2D eigenvalue weighted by Crippen LogP contribution is 2.46. The minimum atomic E-state index is 0.0129. The van der Waals surface area contributed by atoms with Crippen LogP contribution in [0.2, 0.25) is 0 Å². The summed E-state index contributed by atoms with van der Waals surface area (Å²) in [6, 6.07) is 0.493. The van der Waals surface area contributed by atoms with Crippen LogP contribution in [0.4, 0.5) is 5.82 Å². The van der Waals surface area contributed by atoms with Gasteiger partial charge in [-0.3, -0.25) is 10.3 Å². The molecule has 0 aromatic carbocycles. The van der Waals surface area contributed by atoms with Gasteiger partial charge in [-0.2, -0.15) is 4.68 Å². The van der Waals surface area contributed by atoms with E-state index in [0.717, 1.165) is 17.5 Å². The number of aromatic nitrogens is 5. The number of ether oxygens (including phenoxy) is 1. The van der Waals surface area contributed by atoms with Gasteiger partial charge >= 0.3 is 0 Å².